The molecular weight excluding hydrogens is 346 g/mol. The number of esters is 1. The van der Waals surface area contributed by atoms with Gasteiger partial charge in [0.15, 0.2) is 5.78 Å². The SMILES string of the molecule is COc1ccc(S(=O)(=O)N2CCCCCC2)cc1C(=O)OCC(C)=O. The van der Waals surface area contributed by atoms with E-state index in [-0.39, 0.29) is 28.6 Å². The van der Waals surface area contributed by atoms with E-state index in [2.05, 4.69) is 0 Å². The maximum Gasteiger partial charge on any atom is 0.342 e. The molecule has 0 saturated carbocycles. The molecular formula is C17H23NO6S. The number of carbonyl (C=O) groups is 2. The molecule has 0 atom stereocenters. The molecule has 7 nitrogen and oxygen atoms in total. The van der Waals surface area contributed by atoms with Gasteiger partial charge in [-0.15, -0.1) is 0 Å². The van der Waals surface area contributed by atoms with Crippen molar-refractivity contribution in [3.05, 3.63) is 23.8 Å². The van der Waals surface area contributed by atoms with Crippen LogP contribution in [0.15, 0.2) is 23.1 Å². The first-order valence-electron chi connectivity index (χ1n) is 8.21. The number of nitrogens with zero attached hydrogens (tertiary/aromatic N) is 1. The number of Topliss-reactive ketones (excluding diaryl/α,β-unsaturated/α-hetero) is 1. The van der Waals surface area contributed by atoms with Gasteiger partial charge in [-0.1, -0.05) is 12.8 Å². The van der Waals surface area contributed by atoms with Gasteiger partial charge >= 0.3 is 5.97 Å². The van der Waals surface area contributed by atoms with E-state index in [1.807, 2.05) is 0 Å². The van der Waals surface area contributed by atoms with Gasteiger partial charge in [-0.05, 0) is 38.0 Å². The lowest BCUT2D eigenvalue weighted by Crippen LogP contribution is -2.32. The summed E-state index contributed by atoms with van der Waals surface area (Å²) in [6, 6.07) is 4.09. The highest BCUT2D eigenvalue weighted by Gasteiger charge is 2.27. The zero-order valence-electron chi connectivity index (χ0n) is 14.5. The Hall–Kier alpha value is -1.93. The number of benzene rings is 1. The molecule has 0 aromatic heterocycles. The van der Waals surface area contributed by atoms with Crippen LogP contribution in [0.3, 0.4) is 0 Å². The van der Waals surface area contributed by atoms with Gasteiger partial charge in [0.1, 0.15) is 17.9 Å². The predicted molar refractivity (Wildman–Crippen MR) is 91.2 cm³/mol. The first-order chi connectivity index (χ1) is 11.9. The van der Waals surface area contributed by atoms with Gasteiger partial charge in [-0.2, -0.15) is 4.31 Å². The van der Waals surface area contributed by atoms with Crippen LogP contribution in [0.4, 0.5) is 0 Å². The zero-order valence-corrected chi connectivity index (χ0v) is 15.3. The molecule has 2 rings (SSSR count). The Morgan fingerprint density at radius 1 is 1.12 bits per heavy atom. The van der Waals surface area contributed by atoms with E-state index in [4.69, 9.17) is 9.47 Å². The molecule has 1 aliphatic heterocycles. The van der Waals surface area contributed by atoms with Gasteiger partial charge in [-0.25, -0.2) is 13.2 Å². The van der Waals surface area contributed by atoms with Crippen molar-refractivity contribution < 1.29 is 27.5 Å². The minimum atomic E-state index is -3.69. The lowest BCUT2D eigenvalue weighted by atomic mass is 10.2. The lowest BCUT2D eigenvalue weighted by Gasteiger charge is -2.20. The second-order valence-electron chi connectivity index (χ2n) is 5.96. The highest BCUT2D eigenvalue weighted by atomic mass is 32.2. The first kappa shape index (κ1) is 19.4. The Morgan fingerprint density at radius 2 is 1.76 bits per heavy atom. The maximum absolute atomic E-state index is 12.9. The highest BCUT2D eigenvalue weighted by Crippen LogP contribution is 2.26. The standard InChI is InChI=1S/C17H23NO6S/c1-13(19)12-24-17(20)15-11-14(7-8-16(15)23-2)25(21,22)18-9-5-3-4-6-10-18/h7-8,11H,3-6,9-10,12H2,1-2H3. The van der Waals surface area contributed by atoms with E-state index >= 15 is 0 Å². The number of carbonyl (C=O) groups excluding carboxylic acids is 2. The number of ether oxygens (including phenoxy) is 2. The van der Waals surface area contributed by atoms with Crippen molar-refractivity contribution in [3.63, 3.8) is 0 Å². The van der Waals surface area contributed by atoms with Crippen LogP contribution >= 0.6 is 0 Å². The summed E-state index contributed by atoms with van der Waals surface area (Å²) in [7, 11) is -2.32. The quantitative estimate of drug-likeness (QED) is 0.713. The van der Waals surface area contributed by atoms with Crippen LogP contribution in [0.1, 0.15) is 43.0 Å². The topological polar surface area (TPSA) is 90.0 Å². The van der Waals surface area contributed by atoms with E-state index in [0.717, 1.165) is 25.7 Å². The van der Waals surface area contributed by atoms with E-state index in [9.17, 15) is 18.0 Å². The lowest BCUT2D eigenvalue weighted by molar-refractivity contribution is -0.120. The van der Waals surface area contributed by atoms with Crippen LogP contribution in [0.5, 0.6) is 5.75 Å². The van der Waals surface area contributed by atoms with Gasteiger partial charge < -0.3 is 9.47 Å². The zero-order chi connectivity index (χ0) is 18.4. The van der Waals surface area contributed by atoms with Crippen molar-refractivity contribution in [3.8, 4) is 5.75 Å². The Labute approximate surface area is 148 Å². The van der Waals surface area contributed by atoms with Gasteiger partial charge in [0.25, 0.3) is 0 Å². The monoisotopic (exact) mass is 369 g/mol. The van der Waals surface area contributed by atoms with Crippen LogP contribution in [-0.4, -0.2) is 51.3 Å². The fourth-order valence-corrected chi connectivity index (χ4v) is 4.23. The first-order valence-corrected chi connectivity index (χ1v) is 9.65. The van der Waals surface area contributed by atoms with Crippen molar-refractivity contribution in [2.45, 2.75) is 37.5 Å². The Kier molecular flexibility index (Phi) is 6.55. The Balaban J connectivity index is 2.33. The molecule has 8 heteroatoms. The molecule has 25 heavy (non-hydrogen) atoms. The van der Waals surface area contributed by atoms with Crippen LogP contribution in [0, 0.1) is 0 Å². The average molecular weight is 369 g/mol. The summed E-state index contributed by atoms with van der Waals surface area (Å²) < 4.78 is 37.2. The van der Waals surface area contributed by atoms with E-state index < -0.39 is 16.0 Å². The molecule has 0 amide bonds. The second kappa shape index (κ2) is 8.44. The van der Waals surface area contributed by atoms with Crippen molar-refractivity contribution in [2.24, 2.45) is 0 Å². The second-order valence-corrected chi connectivity index (χ2v) is 7.90. The van der Waals surface area contributed by atoms with Crippen molar-refractivity contribution in [2.75, 3.05) is 26.8 Å². The fraction of sp³-hybridized carbons (Fsp3) is 0.529. The molecule has 0 N–H and O–H groups in total. The maximum atomic E-state index is 12.9. The van der Waals surface area contributed by atoms with Crippen LogP contribution in [-0.2, 0) is 19.6 Å². The van der Waals surface area contributed by atoms with Crippen molar-refractivity contribution in [1.29, 1.82) is 0 Å². The third-order valence-electron chi connectivity index (χ3n) is 4.00. The molecule has 1 saturated heterocycles. The summed E-state index contributed by atoms with van der Waals surface area (Å²) in [5, 5.41) is 0. The fourth-order valence-electron chi connectivity index (χ4n) is 2.68. The van der Waals surface area contributed by atoms with Crippen LogP contribution in [0.2, 0.25) is 0 Å². The van der Waals surface area contributed by atoms with Crippen molar-refractivity contribution in [1.82, 2.24) is 4.31 Å². The van der Waals surface area contributed by atoms with Gasteiger partial charge in [0, 0.05) is 13.1 Å². The number of rotatable bonds is 6. The predicted octanol–water partition coefficient (Wildman–Crippen LogP) is 2.01. The highest BCUT2D eigenvalue weighted by molar-refractivity contribution is 7.89. The molecule has 1 aromatic carbocycles. The third-order valence-corrected chi connectivity index (χ3v) is 5.89. The number of hydrogen-bond acceptors (Lipinski definition) is 6. The number of hydrogen-bond donors (Lipinski definition) is 0. The van der Waals surface area contributed by atoms with Crippen LogP contribution < -0.4 is 4.74 Å². The number of ketones is 1. The summed E-state index contributed by atoms with van der Waals surface area (Å²) in [5.74, 6) is -0.899. The Morgan fingerprint density at radius 3 is 2.32 bits per heavy atom. The molecule has 1 heterocycles. The summed E-state index contributed by atoms with van der Waals surface area (Å²) in [5.41, 5.74) is -0.0142. The van der Waals surface area contributed by atoms with E-state index in [0.29, 0.717) is 13.1 Å². The largest absolute Gasteiger partial charge is 0.496 e. The number of sulfonamides is 1. The molecule has 1 fully saturated rings. The Bertz CT molecular complexity index is 736. The van der Waals surface area contributed by atoms with Crippen LogP contribution in [0.25, 0.3) is 0 Å². The summed E-state index contributed by atoms with van der Waals surface area (Å²) in [6.07, 6.45) is 3.67. The molecule has 0 spiro atoms. The van der Waals surface area contributed by atoms with Crippen molar-refractivity contribution >= 4 is 21.8 Å². The minimum Gasteiger partial charge on any atom is -0.496 e. The molecule has 0 bridgehead atoms. The normalized spacial score (nSPS) is 16.1. The third kappa shape index (κ3) is 4.79. The van der Waals surface area contributed by atoms with Gasteiger partial charge in [0.2, 0.25) is 10.0 Å². The summed E-state index contributed by atoms with van der Waals surface area (Å²) in [4.78, 5) is 23.2. The molecule has 1 aromatic rings. The minimum absolute atomic E-state index is 0.0142. The molecule has 0 radical (unpaired) electrons. The smallest absolute Gasteiger partial charge is 0.342 e. The van der Waals surface area contributed by atoms with Gasteiger partial charge in [0.05, 0.1) is 12.0 Å². The van der Waals surface area contributed by atoms with E-state index in [1.165, 1.54) is 36.5 Å². The van der Waals surface area contributed by atoms with E-state index in [1.54, 1.807) is 0 Å². The molecule has 0 unspecified atom stereocenters. The summed E-state index contributed by atoms with van der Waals surface area (Å²) >= 11 is 0. The summed E-state index contributed by atoms with van der Waals surface area (Å²) in [6.45, 7) is 1.87. The number of methoxy groups -OCH3 is 1. The molecule has 0 aliphatic carbocycles. The van der Waals surface area contributed by atoms with Gasteiger partial charge in [-0.3, -0.25) is 4.79 Å². The average Bonchev–Trinajstić information content (AvgIpc) is 2.88. The molecule has 1 aliphatic rings. The molecule has 138 valence electrons.